The van der Waals surface area contributed by atoms with Gasteiger partial charge < -0.3 is 20.3 Å². The summed E-state index contributed by atoms with van der Waals surface area (Å²) in [4.78, 5) is 36.1. The Morgan fingerprint density at radius 3 is 2.61 bits per heavy atom. The molecule has 0 saturated carbocycles. The number of rotatable bonds is 8. The highest BCUT2D eigenvalue weighted by Gasteiger charge is 2.20. The van der Waals surface area contributed by atoms with Gasteiger partial charge >= 0.3 is 5.97 Å². The van der Waals surface area contributed by atoms with E-state index in [9.17, 15) is 19.6 Å². The molecule has 0 unspecified atom stereocenters. The monoisotopic (exact) mass is 446 g/mol. The molecule has 1 heterocycles. The molecule has 0 saturated heterocycles. The average molecular weight is 447 g/mol. The summed E-state index contributed by atoms with van der Waals surface area (Å²) in [7, 11) is 1.57. The molecule has 0 bridgehead atoms. The smallest absolute Gasteiger partial charge is 0.303 e. The molecule has 2 aromatic carbocycles. The number of amides is 2. The molecule has 8 nitrogen and oxygen atoms in total. The Balaban J connectivity index is 1.90. The van der Waals surface area contributed by atoms with Crippen LogP contribution in [0.15, 0.2) is 42.6 Å². The first kappa shape index (κ1) is 23.5. The Labute approximate surface area is 191 Å². The fraction of sp³-hybridized carbons (Fsp3) is 0.280. The highest BCUT2D eigenvalue weighted by Crippen LogP contribution is 2.27. The first-order valence-corrected chi connectivity index (χ1v) is 10.6. The van der Waals surface area contributed by atoms with E-state index in [-0.39, 0.29) is 18.2 Å². The Morgan fingerprint density at radius 2 is 1.94 bits per heavy atom. The fourth-order valence-corrected chi connectivity index (χ4v) is 3.81. The average Bonchev–Trinajstić information content (AvgIpc) is 3.14. The maximum Gasteiger partial charge on any atom is 0.303 e. The number of carboxylic acids is 1. The van der Waals surface area contributed by atoms with Gasteiger partial charge in [-0.15, -0.1) is 0 Å². The van der Waals surface area contributed by atoms with Crippen molar-refractivity contribution in [2.24, 2.45) is 0 Å². The fourth-order valence-electron chi connectivity index (χ4n) is 3.81. The van der Waals surface area contributed by atoms with Crippen molar-refractivity contribution in [2.45, 2.75) is 39.2 Å². The zero-order valence-corrected chi connectivity index (χ0v) is 18.8. The number of hydrogen-bond donors (Lipinski definition) is 3. The lowest BCUT2D eigenvalue weighted by Crippen LogP contribution is -2.24. The van der Waals surface area contributed by atoms with Crippen molar-refractivity contribution in [1.29, 1.82) is 5.26 Å². The van der Waals surface area contributed by atoms with Gasteiger partial charge in [-0.1, -0.05) is 12.1 Å². The molecular formula is C25H26N4O4. The van der Waals surface area contributed by atoms with E-state index in [0.29, 0.717) is 29.7 Å². The van der Waals surface area contributed by atoms with Gasteiger partial charge in [-0.25, -0.2) is 0 Å². The lowest BCUT2D eigenvalue weighted by molar-refractivity contribution is -0.137. The Bertz CT molecular complexity index is 1270. The van der Waals surface area contributed by atoms with Gasteiger partial charge in [0.2, 0.25) is 5.91 Å². The van der Waals surface area contributed by atoms with E-state index in [4.69, 9.17) is 5.11 Å². The molecule has 0 fully saturated rings. The number of nitriles is 1. The first-order chi connectivity index (χ1) is 15.7. The van der Waals surface area contributed by atoms with E-state index in [1.54, 1.807) is 44.3 Å². The van der Waals surface area contributed by atoms with Gasteiger partial charge in [-0.05, 0) is 62.1 Å². The molecule has 0 spiro atoms. The van der Waals surface area contributed by atoms with Crippen LogP contribution in [0.2, 0.25) is 0 Å². The number of aromatic nitrogens is 1. The number of carbonyl (C=O) groups excluding carboxylic acids is 2. The molecule has 33 heavy (non-hydrogen) atoms. The van der Waals surface area contributed by atoms with Crippen molar-refractivity contribution < 1.29 is 19.5 Å². The SMILES string of the molecule is CNC(=O)c1ccc2c(C)cn([C@H](C)C(=O)Nc3cc(C#N)ccc3CCCC(=O)O)c2c1. The zero-order valence-electron chi connectivity index (χ0n) is 18.8. The van der Waals surface area contributed by atoms with Gasteiger partial charge in [0.1, 0.15) is 6.04 Å². The van der Waals surface area contributed by atoms with E-state index in [1.165, 1.54) is 0 Å². The Morgan fingerprint density at radius 1 is 1.18 bits per heavy atom. The van der Waals surface area contributed by atoms with E-state index < -0.39 is 12.0 Å². The summed E-state index contributed by atoms with van der Waals surface area (Å²) < 4.78 is 1.82. The molecule has 0 aliphatic carbocycles. The van der Waals surface area contributed by atoms with Crippen molar-refractivity contribution in [2.75, 3.05) is 12.4 Å². The van der Waals surface area contributed by atoms with Gasteiger partial charge in [0, 0.05) is 41.8 Å². The number of aryl methyl sites for hydroxylation is 2. The molecule has 0 aliphatic heterocycles. The van der Waals surface area contributed by atoms with Gasteiger partial charge in [-0.3, -0.25) is 14.4 Å². The molecular weight excluding hydrogens is 420 g/mol. The quantitative estimate of drug-likeness (QED) is 0.486. The standard InChI is InChI=1S/C25H26N4O4/c1-15-14-29(22-12-19(25(33)27-3)9-10-20(15)22)16(2)24(32)28-21-11-17(13-26)7-8-18(21)5-4-6-23(30)31/h7-12,14,16H,4-6H2,1-3H3,(H,27,33)(H,28,32)(H,30,31)/t16-/m1/s1. The molecule has 3 rings (SSSR count). The van der Waals surface area contributed by atoms with Crippen LogP contribution >= 0.6 is 0 Å². The molecule has 0 aliphatic rings. The number of carbonyl (C=O) groups is 3. The van der Waals surface area contributed by atoms with Crippen molar-refractivity contribution in [3.8, 4) is 6.07 Å². The number of fused-ring (bicyclic) bond motifs is 1. The van der Waals surface area contributed by atoms with Crippen LogP contribution in [0.4, 0.5) is 5.69 Å². The van der Waals surface area contributed by atoms with Crippen LogP contribution in [0, 0.1) is 18.3 Å². The highest BCUT2D eigenvalue weighted by molar-refractivity contribution is 6.00. The second-order valence-electron chi connectivity index (χ2n) is 7.93. The van der Waals surface area contributed by atoms with Gasteiger partial charge in [-0.2, -0.15) is 5.26 Å². The second-order valence-corrected chi connectivity index (χ2v) is 7.93. The summed E-state index contributed by atoms with van der Waals surface area (Å²) in [5, 5.41) is 24.6. The third-order valence-corrected chi connectivity index (χ3v) is 5.65. The maximum atomic E-state index is 13.2. The van der Waals surface area contributed by atoms with E-state index in [1.807, 2.05) is 23.8 Å². The van der Waals surface area contributed by atoms with Crippen LogP contribution < -0.4 is 10.6 Å². The summed E-state index contributed by atoms with van der Waals surface area (Å²) in [5.41, 5.74) is 3.91. The minimum absolute atomic E-state index is 0.0199. The molecule has 170 valence electrons. The van der Waals surface area contributed by atoms with Crippen molar-refractivity contribution >= 4 is 34.4 Å². The number of anilines is 1. The largest absolute Gasteiger partial charge is 0.481 e. The van der Waals surface area contributed by atoms with Crippen molar-refractivity contribution in [3.63, 3.8) is 0 Å². The predicted molar refractivity (Wildman–Crippen MR) is 125 cm³/mol. The van der Waals surface area contributed by atoms with Crippen LogP contribution in [0.3, 0.4) is 0 Å². The molecule has 8 heteroatoms. The van der Waals surface area contributed by atoms with Crippen LogP contribution in [0.25, 0.3) is 10.9 Å². The van der Waals surface area contributed by atoms with Crippen LogP contribution in [0.5, 0.6) is 0 Å². The van der Waals surface area contributed by atoms with Crippen molar-refractivity contribution in [3.05, 3.63) is 64.8 Å². The van der Waals surface area contributed by atoms with Crippen LogP contribution in [0.1, 0.15) is 52.9 Å². The van der Waals surface area contributed by atoms with E-state index in [0.717, 1.165) is 22.0 Å². The van der Waals surface area contributed by atoms with E-state index in [2.05, 4.69) is 16.7 Å². The van der Waals surface area contributed by atoms with Gasteiger partial charge in [0.15, 0.2) is 0 Å². The maximum absolute atomic E-state index is 13.2. The van der Waals surface area contributed by atoms with Crippen LogP contribution in [-0.2, 0) is 16.0 Å². The highest BCUT2D eigenvalue weighted by atomic mass is 16.4. The molecule has 1 aromatic heterocycles. The summed E-state index contributed by atoms with van der Waals surface area (Å²) in [6, 6.07) is 11.8. The lowest BCUT2D eigenvalue weighted by Gasteiger charge is -2.18. The van der Waals surface area contributed by atoms with E-state index >= 15 is 0 Å². The molecule has 1 atom stereocenters. The summed E-state index contributed by atoms with van der Waals surface area (Å²) in [6.45, 7) is 3.71. The minimum atomic E-state index is -0.881. The number of nitrogens with zero attached hydrogens (tertiary/aromatic N) is 2. The first-order valence-electron chi connectivity index (χ1n) is 10.6. The molecule has 2 amide bonds. The van der Waals surface area contributed by atoms with Crippen LogP contribution in [-0.4, -0.2) is 34.5 Å². The number of aliphatic carboxylic acids is 1. The zero-order chi connectivity index (χ0) is 24.1. The summed E-state index contributed by atoms with van der Waals surface area (Å²) in [6.07, 6.45) is 2.78. The van der Waals surface area contributed by atoms with Crippen molar-refractivity contribution in [1.82, 2.24) is 9.88 Å². The predicted octanol–water partition coefficient (Wildman–Crippen LogP) is 3.79. The number of nitrogens with one attached hydrogen (secondary N) is 2. The lowest BCUT2D eigenvalue weighted by atomic mass is 10.0. The second kappa shape index (κ2) is 10.0. The topological polar surface area (TPSA) is 124 Å². The molecule has 3 N–H and O–H groups in total. The third kappa shape index (κ3) is 5.21. The number of benzene rings is 2. The molecule has 3 aromatic rings. The normalized spacial score (nSPS) is 11.6. The van der Waals surface area contributed by atoms with Gasteiger partial charge in [0.25, 0.3) is 5.91 Å². The third-order valence-electron chi connectivity index (χ3n) is 5.65. The number of carboxylic acid groups (broad SMARTS) is 1. The minimum Gasteiger partial charge on any atom is -0.481 e. The number of hydrogen-bond acceptors (Lipinski definition) is 4. The van der Waals surface area contributed by atoms with Gasteiger partial charge in [0.05, 0.1) is 11.6 Å². The Kier molecular flexibility index (Phi) is 7.13. The Hall–Kier alpha value is -4.12. The summed E-state index contributed by atoms with van der Waals surface area (Å²) >= 11 is 0. The molecule has 0 radical (unpaired) electrons. The summed E-state index contributed by atoms with van der Waals surface area (Å²) in [5.74, 6) is -1.38.